The first kappa shape index (κ1) is 18.6. The van der Waals surface area contributed by atoms with Crippen LogP contribution in [0.25, 0.3) is 11.2 Å². The maximum Gasteiger partial charge on any atom is 0.338 e. The van der Waals surface area contributed by atoms with E-state index in [9.17, 15) is 9.59 Å². The molecule has 1 unspecified atom stereocenters. The number of hydrogen-bond acceptors (Lipinski definition) is 6. The number of benzene rings is 2. The van der Waals surface area contributed by atoms with E-state index in [4.69, 9.17) is 9.47 Å². The number of rotatable bonds is 7. The summed E-state index contributed by atoms with van der Waals surface area (Å²) in [4.78, 5) is 34.8. The Bertz CT molecular complexity index is 1160. The third-order valence-electron chi connectivity index (χ3n) is 4.37. The number of carbonyl (C=O) groups is 1. The predicted octanol–water partition coefficient (Wildman–Crippen LogP) is 2.69. The Balaban J connectivity index is 1.49. The van der Waals surface area contributed by atoms with Crippen LogP contribution in [0.2, 0.25) is 0 Å². The molecule has 1 atom stereocenters. The second-order valence-corrected chi connectivity index (χ2v) is 6.28. The van der Waals surface area contributed by atoms with Crippen LogP contribution in [-0.4, -0.2) is 32.1 Å². The van der Waals surface area contributed by atoms with E-state index in [-0.39, 0.29) is 24.4 Å². The molecule has 29 heavy (non-hydrogen) atoms. The monoisotopic (exact) mass is 390 g/mol. The summed E-state index contributed by atoms with van der Waals surface area (Å²) in [5.41, 5.74) is 1.68. The van der Waals surface area contributed by atoms with Crippen LogP contribution in [0.15, 0.2) is 78.1 Å². The first-order valence-corrected chi connectivity index (χ1v) is 8.99. The Morgan fingerprint density at radius 2 is 1.76 bits per heavy atom. The Kier molecular flexibility index (Phi) is 5.44. The van der Waals surface area contributed by atoms with Crippen LogP contribution in [0, 0.1) is 0 Å². The highest BCUT2D eigenvalue weighted by Crippen LogP contribution is 2.20. The molecule has 4 rings (SSSR count). The van der Waals surface area contributed by atoms with Crippen LogP contribution >= 0.6 is 0 Å². The normalized spacial score (nSPS) is 12.0. The van der Waals surface area contributed by atoms with Crippen LogP contribution in [-0.2, 0) is 16.2 Å². The lowest BCUT2D eigenvalue weighted by Crippen LogP contribution is -2.17. The molecule has 0 saturated carbocycles. The molecule has 0 aliphatic heterocycles. The summed E-state index contributed by atoms with van der Waals surface area (Å²) in [6.07, 6.45) is 2.31. The first-order valence-electron chi connectivity index (χ1n) is 8.99. The van der Waals surface area contributed by atoms with E-state index in [1.807, 2.05) is 36.4 Å². The Morgan fingerprint density at radius 3 is 2.52 bits per heavy atom. The number of ether oxygens (including phenoxy) is 2. The smallest absolute Gasteiger partial charge is 0.338 e. The number of hydrogen-bond donors (Lipinski definition) is 1. The quantitative estimate of drug-likeness (QED) is 0.487. The van der Waals surface area contributed by atoms with Gasteiger partial charge in [0.1, 0.15) is 19.4 Å². The minimum atomic E-state index is -0.497. The van der Waals surface area contributed by atoms with Gasteiger partial charge in [-0.2, -0.15) is 0 Å². The van der Waals surface area contributed by atoms with Gasteiger partial charge in [0.05, 0.1) is 18.2 Å². The number of aromatic nitrogens is 4. The average Bonchev–Trinajstić information content (AvgIpc) is 3.19. The topological polar surface area (TPSA) is 99.1 Å². The molecular formula is C21H18N4O4. The molecule has 4 aromatic rings. The fourth-order valence-corrected chi connectivity index (χ4v) is 2.87. The number of nitrogens with one attached hydrogen (secondary N) is 1. The molecule has 0 aliphatic rings. The second kappa shape index (κ2) is 8.49. The van der Waals surface area contributed by atoms with Gasteiger partial charge in [-0.3, -0.25) is 9.36 Å². The third-order valence-corrected chi connectivity index (χ3v) is 4.37. The van der Waals surface area contributed by atoms with E-state index in [0.29, 0.717) is 11.2 Å². The van der Waals surface area contributed by atoms with Gasteiger partial charge in [-0.05, 0) is 17.7 Å². The fourth-order valence-electron chi connectivity index (χ4n) is 2.87. The van der Waals surface area contributed by atoms with Crippen molar-refractivity contribution in [3.63, 3.8) is 0 Å². The van der Waals surface area contributed by atoms with E-state index in [1.54, 1.807) is 28.8 Å². The van der Waals surface area contributed by atoms with Crippen molar-refractivity contribution in [2.45, 2.75) is 12.8 Å². The van der Waals surface area contributed by atoms with Gasteiger partial charge in [0.25, 0.3) is 5.56 Å². The lowest BCUT2D eigenvalue weighted by atomic mass is 10.1. The molecular weight excluding hydrogens is 372 g/mol. The summed E-state index contributed by atoms with van der Waals surface area (Å²) >= 11 is 0. The molecule has 2 aromatic carbocycles. The van der Waals surface area contributed by atoms with Gasteiger partial charge in [0.15, 0.2) is 11.2 Å². The molecule has 0 aliphatic carbocycles. The summed E-state index contributed by atoms with van der Waals surface area (Å²) in [6.45, 7) is 0.133. The van der Waals surface area contributed by atoms with Gasteiger partial charge >= 0.3 is 5.97 Å². The van der Waals surface area contributed by atoms with E-state index >= 15 is 0 Å². The molecule has 146 valence electrons. The van der Waals surface area contributed by atoms with Gasteiger partial charge in [-0.15, -0.1) is 0 Å². The molecule has 0 fully saturated rings. The maximum absolute atomic E-state index is 12.3. The van der Waals surface area contributed by atoms with Gasteiger partial charge in [-0.1, -0.05) is 48.5 Å². The van der Waals surface area contributed by atoms with Crippen molar-refractivity contribution in [1.82, 2.24) is 19.5 Å². The molecule has 0 spiro atoms. The molecule has 2 heterocycles. The Labute approximate surface area is 165 Å². The summed E-state index contributed by atoms with van der Waals surface area (Å²) in [5.74, 6) is -0.420. The molecule has 0 amide bonds. The van der Waals surface area contributed by atoms with Crippen LogP contribution in [0.1, 0.15) is 22.0 Å². The van der Waals surface area contributed by atoms with Crippen LogP contribution < -0.4 is 5.56 Å². The molecule has 0 bridgehead atoms. The van der Waals surface area contributed by atoms with Gasteiger partial charge < -0.3 is 14.5 Å². The summed E-state index contributed by atoms with van der Waals surface area (Å²) < 4.78 is 13.1. The van der Waals surface area contributed by atoms with Gasteiger partial charge in [0, 0.05) is 0 Å². The zero-order chi connectivity index (χ0) is 20.1. The fraction of sp³-hybridized carbons (Fsp3) is 0.143. The Hall–Kier alpha value is -3.78. The van der Waals surface area contributed by atoms with E-state index in [1.165, 1.54) is 12.7 Å². The van der Waals surface area contributed by atoms with E-state index < -0.39 is 12.1 Å². The molecule has 0 radical (unpaired) electrons. The number of fused-ring (bicyclic) bond motifs is 1. The van der Waals surface area contributed by atoms with E-state index in [0.717, 1.165) is 5.56 Å². The molecule has 0 saturated heterocycles. The molecule has 8 nitrogen and oxygen atoms in total. The van der Waals surface area contributed by atoms with Crippen molar-refractivity contribution in [2.24, 2.45) is 0 Å². The number of carbonyl (C=O) groups excluding carboxylic acids is 1. The SMILES string of the molecule is O=C(OCC(OCn1cnc2c(=O)[nH]cnc21)c1ccccc1)c1ccccc1. The summed E-state index contributed by atoms with van der Waals surface area (Å²) in [7, 11) is 0. The van der Waals surface area contributed by atoms with Crippen LogP contribution in [0.5, 0.6) is 0 Å². The lowest BCUT2D eigenvalue weighted by Gasteiger charge is -2.19. The predicted molar refractivity (Wildman–Crippen MR) is 105 cm³/mol. The second-order valence-electron chi connectivity index (χ2n) is 6.28. The Morgan fingerprint density at radius 1 is 1.03 bits per heavy atom. The number of esters is 1. The number of H-pyrrole nitrogens is 1. The zero-order valence-corrected chi connectivity index (χ0v) is 15.4. The maximum atomic E-state index is 12.3. The molecule has 1 N–H and O–H groups in total. The van der Waals surface area contributed by atoms with Crippen molar-refractivity contribution in [3.05, 3.63) is 94.8 Å². The largest absolute Gasteiger partial charge is 0.459 e. The van der Waals surface area contributed by atoms with Crippen molar-refractivity contribution in [2.75, 3.05) is 6.61 Å². The van der Waals surface area contributed by atoms with Gasteiger partial charge in [0.2, 0.25) is 0 Å². The first-order chi connectivity index (χ1) is 14.2. The summed E-state index contributed by atoms with van der Waals surface area (Å²) in [5, 5.41) is 0. The number of imidazole rings is 1. The van der Waals surface area contributed by atoms with Crippen LogP contribution in [0.4, 0.5) is 0 Å². The molecule has 2 aromatic heterocycles. The van der Waals surface area contributed by atoms with Crippen molar-refractivity contribution < 1.29 is 14.3 Å². The minimum Gasteiger partial charge on any atom is -0.459 e. The van der Waals surface area contributed by atoms with Crippen molar-refractivity contribution in [1.29, 1.82) is 0 Å². The zero-order valence-electron chi connectivity index (χ0n) is 15.4. The highest BCUT2D eigenvalue weighted by Gasteiger charge is 2.17. The number of aromatic amines is 1. The van der Waals surface area contributed by atoms with E-state index in [2.05, 4.69) is 15.0 Å². The van der Waals surface area contributed by atoms with Gasteiger partial charge in [-0.25, -0.2) is 14.8 Å². The number of nitrogens with zero attached hydrogens (tertiary/aromatic N) is 3. The highest BCUT2D eigenvalue weighted by atomic mass is 16.6. The molecule has 8 heteroatoms. The van der Waals surface area contributed by atoms with Crippen molar-refractivity contribution >= 4 is 17.1 Å². The van der Waals surface area contributed by atoms with Crippen LogP contribution in [0.3, 0.4) is 0 Å². The highest BCUT2D eigenvalue weighted by molar-refractivity contribution is 5.89. The third kappa shape index (κ3) is 4.22. The average molecular weight is 390 g/mol. The lowest BCUT2D eigenvalue weighted by molar-refractivity contribution is -0.0353. The standard InChI is InChI=1S/C21H18N4O4/c26-20-18-19(22-12-23-20)25(13-24-18)14-29-17(15-7-3-1-4-8-15)11-28-21(27)16-9-5-2-6-10-16/h1-10,12-13,17H,11,14H2,(H,22,23,26). The summed E-state index contributed by atoms with van der Waals surface area (Å²) in [6, 6.07) is 18.3. The van der Waals surface area contributed by atoms with Crippen molar-refractivity contribution in [3.8, 4) is 0 Å². The minimum absolute atomic E-state index is 0.0401.